The van der Waals surface area contributed by atoms with Crippen LogP contribution in [-0.2, 0) is 14.2 Å². The van der Waals surface area contributed by atoms with E-state index in [2.05, 4.69) is 45.0 Å². The number of likely N-dealkylation sites (tertiary alicyclic amines) is 1. The highest BCUT2D eigenvalue weighted by Gasteiger charge is 2.85. The Morgan fingerprint density at radius 2 is 1.75 bits per heavy atom. The van der Waals surface area contributed by atoms with Crippen molar-refractivity contribution in [3.05, 3.63) is 0 Å². The third-order valence-corrected chi connectivity index (χ3v) is 15.2. The van der Waals surface area contributed by atoms with Gasteiger partial charge in [-0.1, -0.05) is 27.7 Å². The first-order chi connectivity index (χ1) is 20.5. The molecule has 5 N–H and O–H groups in total. The zero-order valence-corrected chi connectivity index (χ0v) is 28.4. The molecular formula is C35H59N3O6. The van der Waals surface area contributed by atoms with Gasteiger partial charge in [0, 0.05) is 25.6 Å². The first-order valence-electron chi connectivity index (χ1n) is 17.5. The Labute approximate surface area is 264 Å². The van der Waals surface area contributed by atoms with Gasteiger partial charge in [-0.2, -0.15) is 0 Å². The Kier molecular flexibility index (Phi) is 7.03. The summed E-state index contributed by atoms with van der Waals surface area (Å²) in [6, 6.07) is 0.184. The highest BCUT2D eigenvalue weighted by molar-refractivity contribution is 5.68. The van der Waals surface area contributed by atoms with E-state index < -0.39 is 23.3 Å². The number of ether oxygens (including phenoxy) is 3. The number of rotatable bonds is 5. The number of carbonyl (C=O) groups excluding carboxylic acids is 1. The lowest BCUT2D eigenvalue weighted by molar-refractivity contribution is -0.209. The number of nitrogens with zero attached hydrogens (tertiary/aromatic N) is 1. The summed E-state index contributed by atoms with van der Waals surface area (Å²) in [6.45, 7) is 14.6. The first-order valence-corrected chi connectivity index (χ1v) is 17.5. The van der Waals surface area contributed by atoms with Crippen molar-refractivity contribution in [2.45, 2.75) is 141 Å². The summed E-state index contributed by atoms with van der Waals surface area (Å²) in [5, 5.41) is 26.3. The molecule has 250 valence electrons. The highest BCUT2D eigenvalue weighted by atomic mass is 16.6. The van der Waals surface area contributed by atoms with Gasteiger partial charge in [-0.3, -0.25) is 0 Å². The number of carbonyl (C=O) groups is 1. The number of likely N-dealkylation sites (N-methyl/N-ethyl adjacent to an activating group) is 1. The predicted molar refractivity (Wildman–Crippen MR) is 167 cm³/mol. The molecule has 0 aromatic heterocycles. The number of nitrogens with one attached hydrogen (secondary N) is 1. The van der Waals surface area contributed by atoms with Crippen LogP contribution < -0.4 is 11.1 Å². The predicted octanol–water partition coefficient (Wildman–Crippen LogP) is 3.69. The number of aliphatic hydroxyl groups excluding tert-OH is 1. The van der Waals surface area contributed by atoms with Gasteiger partial charge >= 0.3 is 6.09 Å². The van der Waals surface area contributed by atoms with Crippen molar-refractivity contribution in [3.63, 3.8) is 0 Å². The molecule has 13 atom stereocenters. The lowest BCUT2D eigenvalue weighted by atomic mass is 9.43. The van der Waals surface area contributed by atoms with Crippen LogP contribution in [0.4, 0.5) is 4.79 Å². The van der Waals surface area contributed by atoms with Crippen molar-refractivity contribution < 1.29 is 29.2 Å². The molecule has 7 aliphatic rings. The van der Waals surface area contributed by atoms with Gasteiger partial charge in [0.2, 0.25) is 0 Å². The van der Waals surface area contributed by atoms with Gasteiger partial charge in [-0.05, 0) is 112 Å². The number of alkyl carbamates (subject to hydrolysis) is 1. The van der Waals surface area contributed by atoms with Crippen molar-refractivity contribution >= 4 is 6.09 Å². The number of amides is 1. The fourth-order valence-electron chi connectivity index (χ4n) is 13.4. The molecule has 2 spiro atoms. The van der Waals surface area contributed by atoms with E-state index in [1.165, 1.54) is 6.42 Å². The number of fused-ring (bicyclic) bond motifs is 4. The van der Waals surface area contributed by atoms with Crippen molar-refractivity contribution in [1.29, 1.82) is 0 Å². The van der Waals surface area contributed by atoms with Crippen molar-refractivity contribution in [2.75, 3.05) is 27.2 Å². The summed E-state index contributed by atoms with van der Waals surface area (Å²) in [6.07, 6.45) is 5.83. The third kappa shape index (κ3) is 3.95. The first kappa shape index (κ1) is 31.6. The topological polar surface area (TPSA) is 127 Å². The second kappa shape index (κ2) is 9.79. The highest BCUT2D eigenvalue weighted by Crippen LogP contribution is 2.87. The van der Waals surface area contributed by atoms with Crippen LogP contribution in [0.15, 0.2) is 0 Å². The summed E-state index contributed by atoms with van der Waals surface area (Å²) < 4.78 is 18.7. The van der Waals surface area contributed by atoms with Crippen molar-refractivity contribution in [1.82, 2.24) is 10.2 Å². The molecule has 0 bridgehead atoms. The van der Waals surface area contributed by atoms with Crippen LogP contribution in [-0.4, -0.2) is 96.2 Å². The quantitative estimate of drug-likeness (QED) is 0.368. The number of nitrogens with two attached hydrogens (primary N) is 1. The fraction of sp³-hybridized carbons (Fsp3) is 0.971. The Morgan fingerprint density at radius 1 is 1.09 bits per heavy atom. The van der Waals surface area contributed by atoms with Crippen LogP contribution in [0.1, 0.15) is 92.9 Å². The Morgan fingerprint density at radius 3 is 2.39 bits per heavy atom. The van der Waals surface area contributed by atoms with E-state index in [0.29, 0.717) is 11.8 Å². The number of methoxy groups -OCH3 is 1. The van der Waals surface area contributed by atoms with E-state index in [1.54, 1.807) is 21.0 Å². The Hall–Kier alpha value is -0.970. The van der Waals surface area contributed by atoms with E-state index in [-0.39, 0.29) is 63.9 Å². The standard InChI is InChI=1S/C35H59N3O6/c1-19-15-21(28(42-8)31(4,5)41)43-26-25(19)32(6)13-14-34-18-33(34)12-11-24(44-29(40)37-20-16-38(7)17-20)30(2,3)22(33)9-10-23(34)35(32,36)27(26)39/h19-28,39,41H,9-18,36H2,1-8H3,(H,37,40)/t19-,21?,22+,23?,24+,25+,26?,27+,28+,32-,33-,34?,35+/m1/s1. The minimum absolute atomic E-state index is 0.0959. The summed E-state index contributed by atoms with van der Waals surface area (Å²) >= 11 is 0. The van der Waals surface area contributed by atoms with Crippen LogP contribution in [0.25, 0.3) is 0 Å². The molecule has 2 saturated heterocycles. The maximum Gasteiger partial charge on any atom is 0.407 e. The van der Waals surface area contributed by atoms with E-state index in [0.717, 1.165) is 58.0 Å². The van der Waals surface area contributed by atoms with Crippen LogP contribution in [0, 0.1) is 45.3 Å². The van der Waals surface area contributed by atoms with Gasteiger partial charge in [0.05, 0.1) is 35.5 Å². The Balaban J connectivity index is 1.13. The van der Waals surface area contributed by atoms with Gasteiger partial charge in [0.15, 0.2) is 0 Å². The smallest absolute Gasteiger partial charge is 0.407 e. The second-order valence-corrected chi connectivity index (χ2v) is 18.0. The lowest BCUT2D eigenvalue weighted by Crippen LogP contribution is -2.70. The molecule has 9 heteroatoms. The van der Waals surface area contributed by atoms with Crippen molar-refractivity contribution in [2.24, 2.45) is 51.1 Å². The monoisotopic (exact) mass is 617 g/mol. The maximum atomic E-state index is 12.9. The molecule has 44 heavy (non-hydrogen) atoms. The minimum atomic E-state index is -1.06. The Bertz CT molecular complexity index is 1170. The van der Waals surface area contributed by atoms with Crippen LogP contribution in [0.2, 0.25) is 0 Å². The van der Waals surface area contributed by atoms with Gasteiger partial charge in [0.25, 0.3) is 0 Å². The van der Waals surface area contributed by atoms with Crippen molar-refractivity contribution in [3.8, 4) is 0 Å². The second-order valence-electron chi connectivity index (χ2n) is 18.0. The van der Waals surface area contributed by atoms with Crippen LogP contribution >= 0.6 is 0 Å². The normalized spacial score (nSPS) is 51.9. The van der Waals surface area contributed by atoms with Gasteiger partial charge in [-0.25, -0.2) is 4.79 Å². The average molecular weight is 618 g/mol. The number of aliphatic hydroxyl groups is 2. The number of hydrogen-bond donors (Lipinski definition) is 4. The zero-order chi connectivity index (χ0) is 31.8. The van der Waals surface area contributed by atoms with Gasteiger partial charge < -0.3 is 40.4 Å². The molecule has 0 radical (unpaired) electrons. The molecule has 5 aliphatic carbocycles. The van der Waals surface area contributed by atoms with E-state index in [1.807, 2.05) is 0 Å². The molecule has 0 aromatic rings. The fourth-order valence-corrected chi connectivity index (χ4v) is 13.4. The van der Waals surface area contributed by atoms with E-state index in [9.17, 15) is 15.0 Å². The largest absolute Gasteiger partial charge is 0.446 e. The average Bonchev–Trinajstić information content (AvgIpc) is 3.54. The zero-order valence-electron chi connectivity index (χ0n) is 28.4. The minimum Gasteiger partial charge on any atom is -0.446 e. The maximum absolute atomic E-state index is 12.9. The van der Waals surface area contributed by atoms with Gasteiger partial charge in [0.1, 0.15) is 12.2 Å². The molecule has 7 rings (SSSR count). The summed E-state index contributed by atoms with van der Waals surface area (Å²) in [4.78, 5) is 15.1. The van der Waals surface area contributed by atoms with Crippen LogP contribution in [0.3, 0.4) is 0 Å². The molecule has 2 aliphatic heterocycles. The SMILES string of the molecule is CO[C@@H](C1C[C@@H](C)[C@H]2C(O1)[C@H](O)[C@@]1(N)C3CC[C@H]4C(C)(C)[C@@H](OC(=O)NC5CN(C)C5)CC[C@@]45CC35CC[C@]21C)C(C)(C)O. The third-order valence-electron chi connectivity index (χ3n) is 15.2. The molecule has 9 nitrogen and oxygen atoms in total. The lowest BCUT2D eigenvalue weighted by Gasteiger charge is -2.63. The molecule has 1 amide bonds. The van der Waals surface area contributed by atoms with Gasteiger partial charge in [-0.15, -0.1) is 0 Å². The summed E-state index contributed by atoms with van der Waals surface area (Å²) in [5.41, 5.74) is 5.92. The molecule has 4 unspecified atom stereocenters. The summed E-state index contributed by atoms with van der Waals surface area (Å²) in [5.74, 6) is 1.16. The molecule has 2 heterocycles. The molecule has 7 fully saturated rings. The van der Waals surface area contributed by atoms with Crippen LogP contribution in [0.5, 0.6) is 0 Å². The van der Waals surface area contributed by atoms with E-state index in [4.69, 9.17) is 19.9 Å². The molecule has 0 aromatic carbocycles. The summed E-state index contributed by atoms with van der Waals surface area (Å²) in [7, 11) is 3.70. The van der Waals surface area contributed by atoms with E-state index >= 15 is 0 Å². The molecular weight excluding hydrogens is 558 g/mol. The number of hydrogen-bond acceptors (Lipinski definition) is 8. The molecule has 5 saturated carbocycles.